The first-order valence-electron chi connectivity index (χ1n) is 9.86. The number of benzene rings is 1. The zero-order valence-electron chi connectivity index (χ0n) is 15.8. The molecule has 1 unspecified atom stereocenters. The van der Waals surface area contributed by atoms with Crippen molar-refractivity contribution >= 4 is 29.1 Å². The summed E-state index contributed by atoms with van der Waals surface area (Å²) >= 11 is 12.1. The molecule has 1 atom stereocenters. The normalized spacial score (nSPS) is 21.9. The van der Waals surface area contributed by atoms with E-state index in [-0.39, 0.29) is 11.8 Å². The van der Waals surface area contributed by atoms with Crippen LogP contribution in [-0.4, -0.2) is 68.2 Å². The van der Waals surface area contributed by atoms with Crippen LogP contribution in [0.1, 0.15) is 24.8 Å². The van der Waals surface area contributed by atoms with Crippen molar-refractivity contribution in [3.63, 3.8) is 0 Å². The van der Waals surface area contributed by atoms with Gasteiger partial charge < -0.3 is 10.1 Å². The van der Waals surface area contributed by atoms with Gasteiger partial charge in [0.1, 0.15) is 0 Å². The Labute approximate surface area is 171 Å². The largest absolute Gasteiger partial charge is 0.379 e. The fraction of sp³-hybridized carbons (Fsp3) is 0.650. The van der Waals surface area contributed by atoms with Crippen LogP contribution in [0.25, 0.3) is 0 Å². The molecule has 3 rings (SSSR count). The zero-order chi connectivity index (χ0) is 19.1. The fourth-order valence-electron chi connectivity index (χ4n) is 3.79. The molecule has 1 N–H and O–H groups in total. The van der Waals surface area contributed by atoms with E-state index in [4.69, 9.17) is 27.9 Å². The molecule has 0 aromatic heterocycles. The first-order chi connectivity index (χ1) is 13.1. The molecule has 1 aromatic rings. The Kier molecular flexibility index (Phi) is 8.22. The van der Waals surface area contributed by atoms with Gasteiger partial charge in [-0.3, -0.25) is 14.6 Å². The molecule has 150 valence electrons. The second-order valence-corrected chi connectivity index (χ2v) is 8.24. The van der Waals surface area contributed by atoms with Gasteiger partial charge in [-0.2, -0.15) is 0 Å². The standard InChI is InChI=1S/C20H29Cl2N3O2/c21-18-5-4-16(13-19(18)22)14-25-7-1-3-17(15-25)20(26)23-6-2-8-24-9-11-27-12-10-24/h4-5,13,17H,1-3,6-12,14-15H2,(H,23,26). The monoisotopic (exact) mass is 413 g/mol. The molecule has 27 heavy (non-hydrogen) atoms. The van der Waals surface area contributed by atoms with Gasteiger partial charge in [0.25, 0.3) is 0 Å². The maximum atomic E-state index is 12.5. The first-order valence-corrected chi connectivity index (χ1v) is 10.6. The summed E-state index contributed by atoms with van der Waals surface area (Å²) in [7, 11) is 0. The highest BCUT2D eigenvalue weighted by Gasteiger charge is 2.25. The number of carbonyl (C=O) groups is 1. The van der Waals surface area contributed by atoms with E-state index < -0.39 is 0 Å². The minimum Gasteiger partial charge on any atom is -0.379 e. The Balaban J connectivity index is 1.38. The van der Waals surface area contributed by atoms with Gasteiger partial charge in [0, 0.05) is 32.7 Å². The molecule has 5 nitrogen and oxygen atoms in total. The molecule has 7 heteroatoms. The summed E-state index contributed by atoms with van der Waals surface area (Å²) in [5.74, 6) is 0.265. The molecule has 1 amide bonds. The maximum Gasteiger partial charge on any atom is 0.224 e. The van der Waals surface area contributed by atoms with Crippen molar-refractivity contribution in [3.8, 4) is 0 Å². The Morgan fingerprint density at radius 1 is 1.15 bits per heavy atom. The molecule has 2 saturated heterocycles. The lowest BCUT2D eigenvalue weighted by Crippen LogP contribution is -2.43. The van der Waals surface area contributed by atoms with Crippen molar-refractivity contribution in [1.29, 1.82) is 0 Å². The minimum absolute atomic E-state index is 0.0740. The molecular formula is C20H29Cl2N3O2. The average molecular weight is 414 g/mol. The van der Waals surface area contributed by atoms with E-state index in [2.05, 4.69) is 15.1 Å². The van der Waals surface area contributed by atoms with Crippen LogP contribution in [0, 0.1) is 5.92 Å². The summed E-state index contributed by atoms with van der Waals surface area (Å²) < 4.78 is 5.36. The smallest absolute Gasteiger partial charge is 0.224 e. The first kappa shape index (κ1) is 20.9. The second kappa shape index (κ2) is 10.6. The number of rotatable bonds is 7. The van der Waals surface area contributed by atoms with Crippen molar-refractivity contribution < 1.29 is 9.53 Å². The number of nitrogens with zero attached hydrogens (tertiary/aromatic N) is 2. The number of morpholine rings is 1. The molecule has 2 fully saturated rings. The summed E-state index contributed by atoms with van der Waals surface area (Å²) in [6.07, 6.45) is 3.01. The lowest BCUT2D eigenvalue weighted by atomic mass is 9.96. The van der Waals surface area contributed by atoms with Gasteiger partial charge in [-0.1, -0.05) is 29.3 Å². The Morgan fingerprint density at radius 3 is 2.74 bits per heavy atom. The lowest BCUT2D eigenvalue weighted by Gasteiger charge is -2.32. The number of hydrogen-bond acceptors (Lipinski definition) is 4. The molecule has 1 aromatic carbocycles. The number of amides is 1. The molecule has 0 spiro atoms. The van der Waals surface area contributed by atoms with Crippen LogP contribution in [0.3, 0.4) is 0 Å². The molecule has 2 aliphatic rings. The number of hydrogen-bond donors (Lipinski definition) is 1. The maximum absolute atomic E-state index is 12.5. The summed E-state index contributed by atoms with van der Waals surface area (Å²) in [6.45, 7) is 8.04. The van der Waals surface area contributed by atoms with Gasteiger partial charge in [0.2, 0.25) is 5.91 Å². The van der Waals surface area contributed by atoms with E-state index in [1.165, 1.54) is 0 Å². The van der Waals surface area contributed by atoms with Gasteiger partial charge in [0.15, 0.2) is 0 Å². The van der Waals surface area contributed by atoms with E-state index >= 15 is 0 Å². The summed E-state index contributed by atoms with van der Waals surface area (Å²) in [5.41, 5.74) is 1.14. The van der Waals surface area contributed by atoms with Crippen molar-refractivity contribution in [2.45, 2.75) is 25.8 Å². The molecule has 0 aliphatic carbocycles. The van der Waals surface area contributed by atoms with E-state index in [1.807, 2.05) is 18.2 Å². The van der Waals surface area contributed by atoms with E-state index in [9.17, 15) is 4.79 Å². The van der Waals surface area contributed by atoms with E-state index in [0.29, 0.717) is 10.0 Å². The molecule has 0 radical (unpaired) electrons. The molecule has 0 bridgehead atoms. The van der Waals surface area contributed by atoms with Crippen LogP contribution in [0.2, 0.25) is 10.0 Å². The van der Waals surface area contributed by atoms with Crippen molar-refractivity contribution in [3.05, 3.63) is 33.8 Å². The fourth-order valence-corrected chi connectivity index (χ4v) is 4.11. The Hall–Kier alpha value is -0.850. The van der Waals surface area contributed by atoms with Crippen molar-refractivity contribution in [2.75, 3.05) is 52.5 Å². The molecular weight excluding hydrogens is 385 g/mol. The van der Waals surface area contributed by atoms with Gasteiger partial charge in [0.05, 0.1) is 29.2 Å². The highest BCUT2D eigenvalue weighted by Crippen LogP contribution is 2.25. The van der Waals surface area contributed by atoms with E-state index in [0.717, 1.165) is 83.9 Å². The number of ether oxygens (including phenoxy) is 1. The highest BCUT2D eigenvalue weighted by atomic mass is 35.5. The minimum atomic E-state index is 0.0740. The van der Waals surface area contributed by atoms with Crippen LogP contribution in [0.15, 0.2) is 18.2 Å². The third-order valence-electron chi connectivity index (χ3n) is 5.32. The Bertz CT molecular complexity index is 623. The molecule has 2 aliphatic heterocycles. The zero-order valence-corrected chi connectivity index (χ0v) is 17.3. The predicted octanol–water partition coefficient (Wildman–Crippen LogP) is 3.04. The summed E-state index contributed by atoms with van der Waals surface area (Å²) in [6, 6.07) is 5.75. The van der Waals surface area contributed by atoms with Crippen molar-refractivity contribution in [1.82, 2.24) is 15.1 Å². The third kappa shape index (κ3) is 6.61. The van der Waals surface area contributed by atoms with Gasteiger partial charge in [-0.15, -0.1) is 0 Å². The SMILES string of the molecule is O=C(NCCCN1CCOCC1)C1CCCN(Cc2ccc(Cl)c(Cl)c2)C1. The average Bonchev–Trinajstić information content (AvgIpc) is 2.69. The topological polar surface area (TPSA) is 44.8 Å². The van der Waals surface area contributed by atoms with Gasteiger partial charge >= 0.3 is 0 Å². The van der Waals surface area contributed by atoms with Crippen LogP contribution >= 0.6 is 23.2 Å². The van der Waals surface area contributed by atoms with Gasteiger partial charge in [-0.05, 0) is 50.0 Å². The lowest BCUT2D eigenvalue weighted by molar-refractivity contribution is -0.126. The Morgan fingerprint density at radius 2 is 1.96 bits per heavy atom. The molecule has 2 heterocycles. The second-order valence-electron chi connectivity index (χ2n) is 7.42. The van der Waals surface area contributed by atoms with E-state index in [1.54, 1.807) is 0 Å². The number of halogens is 2. The predicted molar refractivity (Wildman–Crippen MR) is 109 cm³/mol. The van der Waals surface area contributed by atoms with Crippen LogP contribution in [0.4, 0.5) is 0 Å². The molecule has 0 saturated carbocycles. The van der Waals surface area contributed by atoms with Crippen LogP contribution in [0.5, 0.6) is 0 Å². The quantitative estimate of drug-likeness (QED) is 0.697. The third-order valence-corrected chi connectivity index (χ3v) is 6.06. The summed E-state index contributed by atoms with van der Waals surface area (Å²) in [4.78, 5) is 17.3. The van der Waals surface area contributed by atoms with Gasteiger partial charge in [-0.25, -0.2) is 0 Å². The number of piperidine rings is 1. The number of nitrogens with one attached hydrogen (secondary N) is 1. The van der Waals surface area contributed by atoms with Crippen LogP contribution in [-0.2, 0) is 16.1 Å². The number of carbonyl (C=O) groups excluding carboxylic acids is 1. The number of likely N-dealkylation sites (tertiary alicyclic amines) is 1. The van der Waals surface area contributed by atoms with Crippen LogP contribution < -0.4 is 5.32 Å². The highest BCUT2D eigenvalue weighted by molar-refractivity contribution is 6.42. The van der Waals surface area contributed by atoms with Crippen molar-refractivity contribution in [2.24, 2.45) is 5.92 Å². The summed E-state index contributed by atoms with van der Waals surface area (Å²) in [5, 5.41) is 4.29.